The number of aliphatic hydroxyl groups excluding tert-OH is 2. The molecule has 102 valence electrons. The molecule has 4 N–H and O–H groups in total. The highest BCUT2D eigenvalue weighted by molar-refractivity contribution is 14.1. The zero-order chi connectivity index (χ0) is 13.6. The maximum absolute atomic E-state index is 9.80. The van der Waals surface area contributed by atoms with Gasteiger partial charge in [-0.15, -0.1) is 0 Å². The summed E-state index contributed by atoms with van der Waals surface area (Å²) < 4.78 is 8.38. The predicted molar refractivity (Wildman–Crippen MR) is 76.3 cm³/mol. The van der Waals surface area contributed by atoms with Crippen LogP contribution < -0.4 is 5.73 Å². The molecule has 8 heteroatoms. The molecule has 0 amide bonds. The van der Waals surface area contributed by atoms with Gasteiger partial charge in [0.15, 0.2) is 0 Å². The number of hydrogen-bond donors (Lipinski definition) is 3. The van der Waals surface area contributed by atoms with Gasteiger partial charge in [-0.2, -0.15) is 0 Å². The van der Waals surface area contributed by atoms with E-state index in [1.807, 2.05) is 10.8 Å². The summed E-state index contributed by atoms with van der Waals surface area (Å²) in [4.78, 5) is 8.20. The first kappa shape index (κ1) is 13.0. The molecular formula is C11H13IN4O3. The van der Waals surface area contributed by atoms with Gasteiger partial charge in [-0.05, 0) is 22.6 Å². The largest absolute Gasteiger partial charge is 0.394 e. The Hall–Kier alpha value is -0.970. The lowest BCUT2D eigenvalue weighted by molar-refractivity contribution is -0.0430. The lowest BCUT2D eigenvalue weighted by Crippen LogP contribution is -2.24. The minimum atomic E-state index is -0.677. The molecule has 0 unspecified atom stereocenters. The molecule has 0 bridgehead atoms. The highest BCUT2D eigenvalue weighted by Gasteiger charge is 2.35. The van der Waals surface area contributed by atoms with Crippen LogP contribution in [0.2, 0.25) is 0 Å². The number of nitrogens with zero attached hydrogens (tertiary/aromatic N) is 3. The van der Waals surface area contributed by atoms with Crippen LogP contribution in [0.3, 0.4) is 0 Å². The molecule has 2 aromatic rings. The second-order valence-corrected chi connectivity index (χ2v) is 5.62. The van der Waals surface area contributed by atoms with Gasteiger partial charge in [0.2, 0.25) is 0 Å². The second kappa shape index (κ2) is 4.85. The molecule has 0 aliphatic carbocycles. The van der Waals surface area contributed by atoms with E-state index in [-0.39, 0.29) is 12.8 Å². The molecule has 19 heavy (non-hydrogen) atoms. The fourth-order valence-corrected chi connectivity index (χ4v) is 3.15. The van der Waals surface area contributed by atoms with Gasteiger partial charge in [0, 0.05) is 16.2 Å². The van der Waals surface area contributed by atoms with Crippen molar-refractivity contribution in [2.75, 3.05) is 12.3 Å². The van der Waals surface area contributed by atoms with E-state index in [1.54, 1.807) is 0 Å². The normalized spacial score (nSPS) is 27.2. The first-order chi connectivity index (χ1) is 9.11. The third kappa shape index (κ3) is 2.08. The average molecular weight is 376 g/mol. The maximum Gasteiger partial charge on any atom is 0.148 e. The van der Waals surface area contributed by atoms with Crippen molar-refractivity contribution in [2.45, 2.75) is 24.9 Å². The molecule has 1 saturated heterocycles. The average Bonchev–Trinajstić information content (AvgIpc) is 2.91. The van der Waals surface area contributed by atoms with Crippen LogP contribution >= 0.6 is 22.6 Å². The van der Waals surface area contributed by atoms with E-state index in [1.165, 1.54) is 6.33 Å². The van der Waals surface area contributed by atoms with E-state index in [0.717, 1.165) is 8.96 Å². The Bertz CT molecular complexity index is 617. The van der Waals surface area contributed by atoms with E-state index < -0.39 is 12.2 Å². The van der Waals surface area contributed by atoms with Gasteiger partial charge in [-0.1, -0.05) is 0 Å². The molecule has 0 spiro atoms. The summed E-state index contributed by atoms with van der Waals surface area (Å²) in [6.45, 7) is -0.203. The SMILES string of the molecule is Nc1ncnc2c1c(I)cn2[C@H]1C[C@@H](O)[C@@H](CO)O1. The van der Waals surface area contributed by atoms with Crippen LogP contribution in [0, 0.1) is 3.57 Å². The lowest BCUT2D eigenvalue weighted by atomic mass is 10.2. The first-order valence-electron chi connectivity index (χ1n) is 5.82. The molecule has 3 heterocycles. The molecule has 3 atom stereocenters. The minimum Gasteiger partial charge on any atom is -0.394 e. The standard InChI is InChI=1S/C11H13IN4O3/c12-5-2-16(8-1-6(18)7(3-17)19-8)11-9(5)10(13)14-4-15-11/h2,4,6-8,17-18H,1,3H2,(H2,13,14,15)/t6-,7-,8-/m1/s1. The molecule has 0 radical (unpaired) electrons. The van der Waals surface area contributed by atoms with Crippen molar-refractivity contribution in [3.63, 3.8) is 0 Å². The van der Waals surface area contributed by atoms with Gasteiger partial charge in [-0.3, -0.25) is 0 Å². The third-order valence-electron chi connectivity index (χ3n) is 3.29. The molecule has 7 nitrogen and oxygen atoms in total. The molecule has 0 aromatic carbocycles. The van der Waals surface area contributed by atoms with Crippen LogP contribution in [-0.4, -0.2) is 43.6 Å². The smallest absolute Gasteiger partial charge is 0.148 e. The van der Waals surface area contributed by atoms with Gasteiger partial charge in [-0.25, -0.2) is 9.97 Å². The Labute approximate surface area is 122 Å². The van der Waals surface area contributed by atoms with E-state index in [9.17, 15) is 5.11 Å². The Kier molecular flexibility index (Phi) is 3.33. The Balaban J connectivity index is 2.05. The number of aliphatic hydroxyl groups is 2. The van der Waals surface area contributed by atoms with E-state index in [2.05, 4.69) is 32.6 Å². The molecular weight excluding hydrogens is 363 g/mol. The number of ether oxygens (including phenoxy) is 1. The van der Waals surface area contributed by atoms with Crippen LogP contribution in [-0.2, 0) is 4.74 Å². The van der Waals surface area contributed by atoms with Crippen molar-refractivity contribution in [1.82, 2.24) is 14.5 Å². The minimum absolute atomic E-state index is 0.203. The summed E-state index contributed by atoms with van der Waals surface area (Å²) in [7, 11) is 0. The van der Waals surface area contributed by atoms with Gasteiger partial charge in [0.05, 0.1) is 18.1 Å². The van der Waals surface area contributed by atoms with E-state index in [0.29, 0.717) is 17.9 Å². The van der Waals surface area contributed by atoms with Crippen molar-refractivity contribution in [3.05, 3.63) is 16.1 Å². The Morgan fingerprint density at radius 2 is 2.32 bits per heavy atom. The summed E-state index contributed by atoms with van der Waals surface area (Å²) in [6, 6.07) is 0. The number of rotatable bonds is 2. The topological polar surface area (TPSA) is 106 Å². The zero-order valence-electron chi connectivity index (χ0n) is 9.90. The Morgan fingerprint density at radius 1 is 1.53 bits per heavy atom. The summed E-state index contributed by atoms with van der Waals surface area (Å²) in [5, 5.41) is 19.7. The van der Waals surface area contributed by atoms with Crippen molar-refractivity contribution in [3.8, 4) is 0 Å². The van der Waals surface area contributed by atoms with Gasteiger partial charge >= 0.3 is 0 Å². The Morgan fingerprint density at radius 3 is 3.00 bits per heavy atom. The number of nitrogens with two attached hydrogens (primary N) is 1. The van der Waals surface area contributed by atoms with Crippen molar-refractivity contribution in [2.24, 2.45) is 0 Å². The number of hydrogen-bond acceptors (Lipinski definition) is 6. The predicted octanol–water partition coefficient (Wildman–Crippen LogP) is 0.259. The van der Waals surface area contributed by atoms with Gasteiger partial charge in [0.25, 0.3) is 0 Å². The molecule has 1 aliphatic rings. The summed E-state index contributed by atoms with van der Waals surface area (Å²) in [5.74, 6) is 0.422. The lowest BCUT2D eigenvalue weighted by Gasteiger charge is -2.14. The monoisotopic (exact) mass is 376 g/mol. The molecule has 3 rings (SSSR count). The van der Waals surface area contributed by atoms with E-state index >= 15 is 0 Å². The number of anilines is 1. The van der Waals surface area contributed by atoms with Crippen molar-refractivity contribution < 1.29 is 14.9 Å². The van der Waals surface area contributed by atoms with Crippen molar-refractivity contribution >= 4 is 39.4 Å². The fourth-order valence-electron chi connectivity index (χ4n) is 2.33. The molecule has 1 fully saturated rings. The van der Waals surface area contributed by atoms with Crippen LogP contribution in [0.5, 0.6) is 0 Å². The number of nitrogen functional groups attached to an aromatic ring is 1. The fraction of sp³-hybridized carbons (Fsp3) is 0.455. The summed E-state index contributed by atoms with van der Waals surface area (Å²) in [6.07, 6.45) is 2.10. The van der Waals surface area contributed by atoms with Gasteiger partial charge in [0.1, 0.15) is 30.1 Å². The van der Waals surface area contributed by atoms with Crippen LogP contribution in [0.4, 0.5) is 5.82 Å². The van der Waals surface area contributed by atoms with Crippen LogP contribution in [0.15, 0.2) is 12.5 Å². The molecule has 1 aliphatic heterocycles. The van der Waals surface area contributed by atoms with Gasteiger partial charge < -0.3 is 25.3 Å². The van der Waals surface area contributed by atoms with E-state index in [4.69, 9.17) is 15.6 Å². The van der Waals surface area contributed by atoms with Crippen LogP contribution in [0.1, 0.15) is 12.6 Å². The quantitative estimate of drug-likeness (QED) is 0.650. The molecule has 0 saturated carbocycles. The summed E-state index contributed by atoms with van der Waals surface area (Å²) >= 11 is 2.16. The second-order valence-electron chi connectivity index (χ2n) is 4.46. The first-order valence-corrected chi connectivity index (χ1v) is 6.90. The number of halogens is 1. The van der Waals surface area contributed by atoms with Crippen molar-refractivity contribution in [1.29, 1.82) is 0 Å². The zero-order valence-corrected chi connectivity index (χ0v) is 12.1. The highest BCUT2D eigenvalue weighted by atomic mass is 127. The third-order valence-corrected chi connectivity index (χ3v) is 4.10. The number of fused-ring (bicyclic) bond motifs is 1. The van der Waals surface area contributed by atoms with Crippen LogP contribution in [0.25, 0.3) is 11.0 Å². The number of aromatic nitrogens is 3. The maximum atomic E-state index is 9.80. The summed E-state index contributed by atoms with van der Waals surface area (Å²) in [5.41, 5.74) is 6.52. The molecule has 2 aromatic heterocycles. The highest BCUT2D eigenvalue weighted by Crippen LogP contribution is 2.34.